The van der Waals surface area contributed by atoms with Crippen molar-refractivity contribution in [1.29, 1.82) is 0 Å². The van der Waals surface area contributed by atoms with E-state index in [2.05, 4.69) is 41.4 Å². The Hall–Kier alpha value is -2.15. The molecule has 0 saturated heterocycles. The van der Waals surface area contributed by atoms with Crippen LogP contribution in [-0.2, 0) is 6.54 Å². The fourth-order valence-electron chi connectivity index (χ4n) is 1.91. The Bertz CT molecular complexity index is 742. The number of H-pyrrole nitrogens is 1. The van der Waals surface area contributed by atoms with E-state index in [1.165, 1.54) is 6.33 Å². The highest BCUT2D eigenvalue weighted by molar-refractivity contribution is 9.10. The highest BCUT2D eigenvalue weighted by Gasteiger charge is 2.06. The quantitative estimate of drug-likeness (QED) is 0.767. The monoisotopic (exact) mass is 333 g/mol. The Morgan fingerprint density at radius 2 is 2.25 bits per heavy atom. The van der Waals surface area contributed by atoms with Gasteiger partial charge in [0.2, 0.25) is 0 Å². The SMILES string of the molecule is COc1ccc(CNc2ncnc3[nH]ncc23)cc1Br. The predicted octanol–water partition coefficient (Wildman–Crippen LogP) is 2.74. The largest absolute Gasteiger partial charge is 0.496 e. The van der Waals surface area contributed by atoms with Gasteiger partial charge in [0.1, 0.15) is 17.9 Å². The molecule has 1 aromatic carbocycles. The van der Waals surface area contributed by atoms with E-state index in [1.807, 2.05) is 18.2 Å². The normalized spacial score (nSPS) is 10.7. The van der Waals surface area contributed by atoms with Crippen LogP contribution in [0, 0.1) is 0 Å². The minimum absolute atomic E-state index is 0.653. The Kier molecular flexibility index (Phi) is 3.51. The van der Waals surface area contributed by atoms with Gasteiger partial charge in [0.05, 0.1) is 23.2 Å². The Balaban J connectivity index is 1.79. The number of halogens is 1. The second-order valence-electron chi connectivity index (χ2n) is 4.18. The van der Waals surface area contributed by atoms with E-state index in [-0.39, 0.29) is 0 Å². The van der Waals surface area contributed by atoms with Gasteiger partial charge in [0.25, 0.3) is 0 Å². The molecule has 0 radical (unpaired) electrons. The lowest BCUT2D eigenvalue weighted by atomic mass is 10.2. The van der Waals surface area contributed by atoms with Crippen LogP contribution >= 0.6 is 15.9 Å². The fourth-order valence-corrected chi connectivity index (χ4v) is 2.50. The lowest BCUT2D eigenvalue weighted by Crippen LogP contribution is -2.02. The molecular weight excluding hydrogens is 322 g/mol. The molecule has 0 aliphatic rings. The van der Waals surface area contributed by atoms with Crippen LogP contribution in [-0.4, -0.2) is 27.3 Å². The molecule has 3 aromatic rings. The third kappa shape index (κ3) is 2.44. The van der Waals surface area contributed by atoms with Crippen LogP contribution in [0.4, 0.5) is 5.82 Å². The van der Waals surface area contributed by atoms with Crippen LogP contribution in [0.1, 0.15) is 5.56 Å². The Labute approximate surface area is 123 Å². The number of nitrogens with zero attached hydrogens (tertiary/aromatic N) is 3. The number of hydrogen-bond donors (Lipinski definition) is 2. The maximum absolute atomic E-state index is 5.21. The molecule has 2 aromatic heterocycles. The summed E-state index contributed by atoms with van der Waals surface area (Å²) in [6.07, 6.45) is 3.22. The van der Waals surface area contributed by atoms with Crippen molar-refractivity contribution >= 4 is 32.8 Å². The van der Waals surface area contributed by atoms with E-state index < -0.39 is 0 Å². The van der Waals surface area contributed by atoms with Gasteiger partial charge in [-0.1, -0.05) is 6.07 Å². The summed E-state index contributed by atoms with van der Waals surface area (Å²) < 4.78 is 6.14. The Morgan fingerprint density at radius 3 is 3.05 bits per heavy atom. The molecule has 6 nitrogen and oxygen atoms in total. The van der Waals surface area contributed by atoms with Crippen molar-refractivity contribution < 1.29 is 4.74 Å². The van der Waals surface area contributed by atoms with E-state index in [0.717, 1.165) is 32.6 Å². The van der Waals surface area contributed by atoms with Gasteiger partial charge >= 0.3 is 0 Å². The van der Waals surface area contributed by atoms with Gasteiger partial charge in [0.15, 0.2) is 5.65 Å². The molecular formula is C13H12BrN5O. The first-order valence-corrected chi connectivity index (χ1v) is 6.77. The average Bonchev–Trinajstić information content (AvgIpc) is 2.94. The molecule has 0 bridgehead atoms. The lowest BCUT2D eigenvalue weighted by molar-refractivity contribution is 0.412. The van der Waals surface area contributed by atoms with E-state index in [1.54, 1.807) is 13.3 Å². The van der Waals surface area contributed by atoms with Crippen molar-refractivity contribution in [3.05, 3.63) is 40.8 Å². The third-order valence-electron chi connectivity index (χ3n) is 2.92. The number of aromatic nitrogens is 4. The molecule has 0 spiro atoms. The number of rotatable bonds is 4. The molecule has 0 aliphatic carbocycles. The van der Waals surface area contributed by atoms with Crippen LogP contribution in [0.25, 0.3) is 11.0 Å². The topological polar surface area (TPSA) is 75.7 Å². The molecule has 0 atom stereocenters. The van der Waals surface area contributed by atoms with Crippen LogP contribution < -0.4 is 10.1 Å². The second kappa shape index (κ2) is 5.46. The summed E-state index contributed by atoms with van der Waals surface area (Å²) in [6, 6.07) is 5.94. The molecule has 102 valence electrons. The first-order chi connectivity index (χ1) is 9.78. The number of fused-ring (bicyclic) bond motifs is 1. The summed E-state index contributed by atoms with van der Waals surface area (Å²) in [5.41, 5.74) is 1.84. The number of methoxy groups -OCH3 is 1. The maximum atomic E-state index is 5.21. The van der Waals surface area contributed by atoms with Gasteiger partial charge < -0.3 is 10.1 Å². The zero-order valence-corrected chi connectivity index (χ0v) is 12.3. The fraction of sp³-hybridized carbons (Fsp3) is 0.154. The van der Waals surface area contributed by atoms with E-state index in [0.29, 0.717) is 6.54 Å². The second-order valence-corrected chi connectivity index (χ2v) is 5.03. The standard InChI is InChI=1S/C13H12BrN5O/c1-20-11-3-2-8(4-10(11)14)5-15-12-9-6-18-19-13(9)17-7-16-12/h2-4,6-7H,5H2,1H3,(H2,15,16,17,18,19). The molecule has 0 fully saturated rings. The summed E-state index contributed by atoms with van der Waals surface area (Å²) in [5, 5.41) is 10.9. The van der Waals surface area contributed by atoms with Crippen LogP contribution in [0.15, 0.2) is 35.2 Å². The summed E-state index contributed by atoms with van der Waals surface area (Å²) in [5.74, 6) is 1.57. The van der Waals surface area contributed by atoms with Crippen LogP contribution in [0.2, 0.25) is 0 Å². The lowest BCUT2D eigenvalue weighted by Gasteiger charge is -2.08. The van der Waals surface area contributed by atoms with Crippen molar-refractivity contribution in [1.82, 2.24) is 20.2 Å². The van der Waals surface area contributed by atoms with E-state index in [9.17, 15) is 0 Å². The van der Waals surface area contributed by atoms with Gasteiger partial charge in [-0.15, -0.1) is 0 Å². The van der Waals surface area contributed by atoms with Crippen molar-refractivity contribution in [3.63, 3.8) is 0 Å². The summed E-state index contributed by atoms with van der Waals surface area (Å²) in [7, 11) is 1.65. The average molecular weight is 334 g/mol. The molecule has 0 aliphatic heterocycles. The molecule has 0 amide bonds. The molecule has 0 saturated carbocycles. The van der Waals surface area contributed by atoms with Gasteiger partial charge in [-0.2, -0.15) is 5.10 Å². The van der Waals surface area contributed by atoms with Crippen molar-refractivity contribution in [2.45, 2.75) is 6.54 Å². The highest BCUT2D eigenvalue weighted by atomic mass is 79.9. The predicted molar refractivity (Wildman–Crippen MR) is 79.7 cm³/mol. The molecule has 2 heterocycles. The number of aromatic amines is 1. The van der Waals surface area contributed by atoms with Gasteiger partial charge in [-0.25, -0.2) is 9.97 Å². The number of ether oxygens (including phenoxy) is 1. The zero-order chi connectivity index (χ0) is 13.9. The van der Waals surface area contributed by atoms with E-state index in [4.69, 9.17) is 4.74 Å². The summed E-state index contributed by atoms with van der Waals surface area (Å²) >= 11 is 3.47. The minimum Gasteiger partial charge on any atom is -0.496 e. The van der Waals surface area contributed by atoms with Gasteiger partial charge in [0, 0.05) is 6.54 Å². The first-order valence-electron chi connectivity index (χ1n) is 5.98. The smallest absolute Gasteiger partial charge is 0.160 e. The van der Waals surface area contributed by atoms with Gasteiger partial charge in [-0.05, 0) is 33.6 Å². The summed E-state index contributed by atoms with van der Waals surface area (Å²) in [6.45, 7) is 0.653. The van der Waals surface area contributed by atoms with Crippen molar-refractivity contribution in [2.24, 2.45) is 0 Å². The molecule has 20 heavy (non-hydrogen) atoms. The highest BCUT2D eigenvalue weighted by Crippen LogP contribution is 2.26. The Morgan fingerprint density at radius 1 is 1.35 bits per heavy atom. The first kappa shape index (κ1) is 12.9. The van der Waals surface area contributed by atoms with Crippen LogP contribution in [0.3, 0.4) is 0 Å². The summed E-state index contributed by atoms with van der Waals surface area (Å²) in [4.78, 5) is 8.33. The van der Waals surface area contributed by atoms with Gasteiger partial charge in [-0.3, -0.25) is 5.10 Å². The minimum atomic E-state index is 0.653. The number of hydrogen-bond acceptors (Lipinski definition) is 5. The van der Waals surface area contributed by atoms with Crippen molar-refractivity contribution in [2.75, 3.05) is 12.4 Å². The number of nitrogens with one attached hydrogen (secondary N) is 2. The molecule has 3 rings (SSSR count). The molecule has 2 N–H and O–H groups in total. The van der Waals surface area contributed by atoms with Crippen LogP contribution in [0.5, 0.6) is 5.75 Å². The third-order valence-corrected chi connectivity index (χ3v) is 3.54. The maximum Gasteiger partial charge on any atom is 0.160 e. The number of anilines is 1. The molecule has 0 unspecified atom stereocenters. The number of benzene rings is 1. The zero-order valence-electron chi connectivity index (χ0n) is 10.7. The molecule has 7 heteroatoms. The van der Waals surface area contributed by atoms with E-state index >= 15 is 0 Å². The van der Waals surface area contributed by atoms with Crippen molar-refractivity contribution in [3.8, 4) is 5.75 Å².